The fourth-order valence-electron chi connectivity index (χ4n) is 3.96. The molecule has 0 amide bonds. The van der Waals surface area contributed by atoms with Crippen molar-refractivity contribution in [2.75, 3.05) is 27.2 Å². The third-order valence-corrected chi connectivity index (χ3v) is 7.30. The van der Waals surface area contributed by atoms with E-state index >= 15 is 0 Å². The molecule has 1 aliphatic heterocycles. The van der Waals surface area contributed by atoms with E-state index in [0.29, 0.717) is 0 Å². The zero-order valence-electron chi connectivity index (χ0n) is 17.6. The Morgan fingerprint density at radius 2 is 2.00 bits per heavy atom. The van der Waals surface area contributed by atoms with E-state index in [4.69, 9.17) is 4.74 Å². The summed E-state index contributed by atoms with van der Waals surface area (Å²) < 4.78 is 5.13. The van der Waals surface area contributed by atoms with E-state index in [0.717, 1.165) is 48.7 Å². The molecule has 1 aliphatic carbocycles. The third kappa shape index (κ3) is 4.38. The Morgan fingerprint density at radius 3 is 2.59 bits per heavy atom. The van der Waals surface area contributed by atoms with Gasteiger partial charge in [0.05, 0.1) is 7.11 Å². The Labute approximate surface area is 168 Å². The molecule has 27 heavy (non-hydrogen) atoms. The number of methoxy groups -OCH3 is 1. The highest BCUT2D eigenvalue weighted by atomic mass is 32.1. The summed E-state index contributed by atoms with van der Waals surface area (Å²) in [5, 5.41) is 0. The van der Waals surface area contributed by atoms with E-state index in [-0.39, 0.29) is 11.4 Å². The zero-order valence-corrected chi connectivity index (χ0v) is 18.5. The lowest BCUT2D eigenvalue weighted by Crippen LogP contribution is -2.29. The molecular formula is C23H33NO2S. The normalized spacial score (nSPS) is 22.0. The van der Waals surface area contributed by atoms with Crippen molar-refractivity contribution in [3.8, 4) is 0 Å². The quantitative estimate of drug-likeness (QED) is 0.626. The molecule has 0 bridgehead atoms. The van der Waals surface area contributed by atoms with Gasteiger partial charge in [-0.25, -0.2) is 4.79 Å². The predicted molar refractivity (Wildman–Crippen MR) is 114 cm³/mol. The number of ether oxygens (including phenoxy) is 1. The van der Waals surface area contributed by atoms with Crippen molar-refractivity contribution in [2.45, 2.75) is 58.8 Å². The molecule has 4 heteroatoms. The van der Waals surface area contributed by atoms with Gasteiger partial charge in [0.25, 0.3) is 0 Å². The standard InChI is InChI=1S/C23H33NO2S/c1-15-7-9-16(10-8-15)19-14-24(5)12-11-17(19)18-13-20(23(2,3)4)27-21(18)22(25)26-6/h9,13,15H,7-8,10-12,14H2,1-6H3. The second kappa shape index (κ2) is 7.92. The number of nitrogens with zero attached hydrogens (tertiary/aromatic N) is 1. The van der Waals surface area contributed by atoms with Crippen molar-refractivity contribution < 1.29 is 9.53 Å². The monoisotopic (exact) mass is 387 g/mol. The summed E-state index contributed by atoms with van der Waals surface area (Å²) in [7, 11) is 3.68. The van der Waals surface area contributed by atoms with Gasteiger partial charge in [0.15, 0.2) is 0 Å². The number of esters is 1. The number of hydrogen-bond donors (Lipinski definition) is 0. The van der Waals surface area contributed by atoms with Gasteiger partial charge >= 0.3 is 5.97 Å². The molecule has 1 unspecified atom stereocenters. The largest absolute Gasteiger partial charge is 0.465 e. The summed E-state index contributed by atoms with van der Waals surface area (Å²) >= 11 is 1.60. The van der Waals surface area contributed by atoms with Crippen LogP contribution in [0.15, 0.2) is 23.3 Å². The Morgan fingerprint density at radius 1 is 1.26 bits per heavy atom. The molecular weight excluding hydrogens is 354 g/mol. The summed E-state index contributed by atoms with van der Waals surface area (Å²) in [4.78, 5) is 17.0. The van der Waals surface area contributed by atoms with E-state index in [1.807, 2.05) is 0 Å². The average Bonchev–Trinajstić information content (AvgIpc) is 3.07. The minimum absolute atomic E-state index is 0.0252. The number of carbonyl (C=O) groups is 1. The fraction of sp³-hybridized carbons (Fsp3) is 0.609. The smallest absolute Gasteiger partial charge is 0.348 e. The first-order chi connectivity index (χ1) is 12.7. The highest BCUT2D eigenvalue weighted by molar-refractivity contribution is 7.14. The molecule has 0 saturated heterocycles. The van der Waals surface area contributed by atoms with Gasteiger partial charge in [0.1, 0.15) is 4.88 Å². The first-order valence-corrected chi connectivity index (χ1v) is 10.8. The maximum absolute atomic E-state index is 12.5. The number of allylic oxidation sites excluding steroid dienone is 1. The molecule has 1 atom stereocenters. The second-order valence-corrected chi connectivity index (χ2v) is 10.2. The lowest BCUT2D eigenvalue weighted by Gasteiger charge is -2.31. The maximum atomic E-state index is 12.5. The fourth-order valence-corrected chi connectivity index (χ4v) is 5.12. The van der Waals surface area contributed by atoms with Crippen LogP contribution in [0.2, 0.25) is 0 Å². The van der Waals surface area contributed by atoms with Crippen molar-refractivity contribution in [1.29, 1.82) is 0 Å². The van der Waals surface area contributed by atoms with E-state index in [9.17, 15) is 4.79 Å². The predicted octanol–water partition coefficient (Wildman–Crippen LogP) is 5.67. The van der Waals surface area contributed by atoms with Gasteiger partial charge in [-0.05, 0) is 66.8 Å². The molecule has 0 aromatic carbocycles. The first kappa shape index (κ1) is 20.3. The first-order valence-electron chi connectivity index (χ1n) is 10.0. The van der Waals surface area contributed by atoms with Crippen LogP contribution in [0.1, 0.15) is 73.5 Å². The SMILES string of the molecule is COC(=O)c1sc(C(C)(C)C)cc1C1=C(C2=CCC(C)CC2)CN(C)CC1. The van der Waals surface area contributed by atoms with Crippen LogP contribution in [0.25, 0.3) is 5.57 Å². The van der Waals surface area contributed by atoms with Crippen LogP contribution < -0.4 is 0 Å². The summed E-state index contributed by atoms with van der Waals surface area (Å²) in [5.74, 6) is 0.570. The summed E-state index contributed by atoms with van der Waals surface area (Å²) in [6.07, 6.45) is 7.00. The topological polar surface area (TPSA) is 29.5 Å². The van der Waals surface area contributed by atoms with Crippen LogP contribution in [-0.2, 0) is 10.2 Å². The van der Waals surface area contributed by atoms with Gasteiger partial charge in [0, 0.05) is 23.5 Å². The molecule has 148 valence electrons. The number of rotatable bonds is 3. The lowest BCUT2D eigenvalue weighted by atomic mass is 9.82. The molecule has 3 nitrogen and oxygen atoms in total. The number of hydrogen-bond acceptors (Lipinski definition) is 4. The van der Waals surface area contributed by atoms with E-state index in [1.165, 1.54) is 35.1 Å². The van der Waals surface area contributed by atoms with Crippen LogP contribution in [0.3, 0.4) is 0 Å². The minimum atomic E-state index is -0.206. The van der Waals surface area contributed by atoms with Gasteiger partial charge in [-0.1, -0.05) is 33.8 Å². The van der Waals surface area contributed by atoms with E-state index < -0.39 is 0 Å². The third-order valence-electron chi connectivity index (χ3n) is 5.76. The van der Waals surface area contributed by atoms with Crippen molar-refractivity contribution in [1.82, 2.24) is 4.90 Å². The molecule has 3 rings (SSSR count). The minimum Gasteiger partial charge on any atom is -0.465 e. The van der Waals surface area contributed by atoms with Crippen LogP contribution in [0.5, 0.6) is 0 Å². The van der Waals surface area contributed by atoms with E-state index in [2.05, 4.69) is 51.8 Å². The number of thiophene rings is 1. The molecule has 0 spiro atoms. The molecule has 2 heterocycles. The van der Waals surface area contributed by atoms with Gasteiger partial charge in [-0.15, -0.1) is 11.3 Å². The van der Waals surface area contributed by atoms with Crippen molar-refractivity contribution >= 4 is 22.9 Å². The van der Waals surface area contributed by atoms with Crippen LogP contribution in [-0.4, -0.2) is 38.1 Å². The number of carbonyl (C=O) groups excluding carboxylic acids is 1. The van der Waals surface area contributed by atoms with Gasteiger partial charge in [-0.2, -0.15) is 0 Å². The Bertz CT molecular complexity index is 779. The number of likely N-dealkylation sites (N-methyl/N-ethyl adjacent to an activating group) is 1. The van der Waals surface area contributed by atoms with Crippen molar-refractivity contribution in [3.63, 3.8) is 0 Å². The summed E-state index contributed by atoms with van der Waals surface area (Å²) in [6, 6.07) is 2.25. The lowest BCUT2D eigenvalue weighted by molar-refractivity contribution is 0.0606. The molecule has 0 fully saturated rings. The summed E-state index contributed by atoms with van der Waals surface area (Å²) in [5.41, 5.74) is 5.44. The zero-order chi connectivity index (χ0) is 19.8. The van der Waals surface area contributed by atoms with Crippen LogP contribution in [0.4, 0.5) is 0 Å². The average molecular weight is 388 g/mol. The van der Waals surface area contributed by atoms with Crippen LogP contribution >= 0.6 is 11.3 Å². The Hall–Kier alpha value is -1.39. The Kier molecular flexibility index (Phi) is 5.97. The maximum Gasteiger partial charge on any atom is 0.348 e. The van der Waals surface area contributed by atoms with Crippen molar-refractivity contribution in [3.05, 3.63) is 38.6 Å². The van der Waals surface area contributed by atoms with Crippen LogP contribution in [0, 0.1) is 5.92 Å². The second-order valence-electron chi connectivity index (χ2n) is 9.15. The molecule has 1 aromatic rings. The van der Waals surface area contributed by atoms with Gasteiger partial charge < -0.3 is 9.64 Å². The molecule has 0 N–H and O–H groups in total. The molecule has 0 radical (unpaired) electrons. The van der Waals surface area contributed by atoms with E-state index in [1.54, 1.807) is 11.3 Å². The highest BCUT2D eigenvalue weighted by Crippen LogP contribution is 2.42. The van der Waals surface area contributed by atoms with Crippen molar-refractivity contribution in [2.24, 2.45) is 5.92 Å². The molecule has 0 saturated carbocycles. The van der Waals surface area contributed by atoms with Gasteiger partial charge in [-0.3, -0.25) is 0 Å². The van der Waals surface area contributed by atoms with Gasteiger partial charge in [0.2, 0.25) is 0 Å². The highest BCUT2D eigenvalue weighted by Gasteiger charge is 2.29. The molecule has 1 aromatic heterocycles. The molecule has 2 aliphatic rings. The Balaban J connectivity index is 2.14. The summed E-state index contributed by atoms with van der Waals surface area (Å²) in [6.45, 7) is 11.0.